The second-order valence-electron chi connectivity index (χ2n) is 4.53. The zero-order valence-electron chi connectivity index (χ0n) is 10.9. The largest absolute Gasteiger partial charge is 0.465 e. The Hall–Kier alpha value is -1.68. The van der Waals surface area contributed by atoms with Crippen molar-refractivity contribution >= 4 is 28.7 Å². The van der Waals surface area contributed by atoms with Crippen molar-refractivity contribution in [3.05, 3.63) is 33.7 Å². The molecule has 21 heavy (non-hydrogen) atoms. The van der Waals surface area contributed by atoms with Gasteiger partial charge in [-0.05, 0) is 34.7 Å². The van der Waals surface area contributed by atoms with E-state index in [9.17, 15) is 9.90 Å². The van der Waals surface area contributed by atoms with Gasteiger partial charge in [0.15, 0.2) is 0 Å². The molecule has 1 aromatic carbocycles. The van der Waals surface area contributed by atoms with Crippen LogP contribution in [0, 0.1) is 3.57 Å². The van der Waals surface area contributed by atoms with Gasteiger partial charge in [0.2, 0.25) is 5.82 Å². The van der Waals surface area contributed by atoms with Crippen LogP contribution in [0.25, 0.3) is 11.4 Å². The van der Waals surface area contributed by atoms with Crippen molar-refractivity contribution in [2.45, 2.75) is 6.04 Å². The summed E-state index contributed by atoms with van der Waals surface area (Å²) in [6.45, 7) is 0.891. The average molecular weight is 401 g/mol. The molecular weight excluding hydrogens is 389 g/mol. The molecule has 0 radical (unpaired) electrons. The summed E-state index contributed by atoms with van der Waals surface area (Å²) >= 11 is 2.20. The Morgan fingerprint density at radius 2 is 2.33 bits per heavy atom. The lowest BCUT2D eigenvalue weighted by Crippen LogP contribution is -2.42. The van der Waals surface area contributed by atoms with Gasteiger partial charge in [-0.2, -0.15) is 4.98 Å². The normalized spacial score (nSPS) is 18.7. The number of benzene rings is 1. The van der Waals surface area contributed by atoms with Crippen LogP contribution in [0.1, 0.15) is 11.9 Å². The number of halogens is 1. The number of morpholine rings is 1. The van der Waals surface area contributed by atoms with Crippen molar-refractivity contribution in [2.24, 2.45) is 0 Å². The van der Waals surface area contributed by atoms with E-state index in [0.29, 0.717) is 19.0 Å². The van der Waals surface area contributed by atoms with Crippen LogP contribution in [0.5, 0.6) is 0 Å². The number of ether oxygens (including phenoxy) is 1. The molecule has 110 valence electrons. The molecule has 2 aromatic rings. The summed E-state index contributed by atoms with van der Waals surface area (Å²) in [6, 6.07) is 7.12. The van der Waals surface area contributed by atoms with Gasteiger partial charge in [-0.25, -0.2) is 4.79 Å². The van der Waals surface area contributed by atoms with E-state index in [-0.39, 0.29) is 12.5 Å². The van der Waals surface area contributed by atoms with Gasteiger partial charge in [0.05, 0.1) is 13.2 Å². The van der Waals surface area contributed by atoms with E-state index in [0.717, 1.165) is 9.13 Å². The summed E-state index contributed by atoms with van der Waals surface area (Å²) in [6.07, 6.45) is -1.02. The van der Waals surface area contributed by atoms with Crippen LogP contribution in [0.15, 0.2) is 28.8 Å². The molecule has 1 aliphatic heterocycles. The lowest BCUT2D eigenvalue weighted by atomic mass is 10.2. The van der Waals surface area contributed by atoms with Gasteiger partial charge in [-0.3, -0.25) is 4.90 Å². The zero-order valence-corrected chi connectivity index (χ0v) is 13.1. The highest BCUT2D eigenvalue weighted by Crippen LogP contribution is 2.25. The van der Waals surface area contributed by atoms with Gasteiger partial charge in [0, 0.05) is 15.7 Å². The number of nitrogens with zero attached hydrogens (tertiary/aromatic N) is 3. The molecule has 1 amide bonds. The Morgan fingerprint density at radius 1 is 1.48 bits per heavy atom. The lowest BCUT2D eigenvalue weighted by Gasteiger charge is -2.30. The first-order valence-electron chi connectivity index (χ1n) is 6.32. The second kappa shape index (κ2) is 5.98. The van der Waals surface area contributed by atoms with Gasteiger partial charge in [-0.1, -0.05) is 17.3 Å². The highest BCUT2D eigenvalue weighted by atomic mass is 127. The summed E-state index contributed by atoms with van der Waals surface area (Å²) in [7, 11) is 0. The fourth-order valence-corrected chi connectivity index (χ4v) is 2.70. The van der Waals surface area contributed by atoms with Crippen LogP contribution in [0.2, 0.25) is 0 Å². The number of amides is 1. The van der Waals surface area contributed by atoms with Crippen LogP contribution in [-0.4, -0.2) is 46.0 Å². The minimum absolute atomic E-state index is 0.222. The van der Waals surface area contributed by atoms with E-state index < -0.39 is 12.1 Å². The fourth-order valence-electron chi connectivity index (χ4n) is 2.15. The van der Waals surface area contributed by atoms with E-state index in [1.807, 2.05) is 24.3 Å². The van der Waals surface area contributed by atoms with Crippen molar-refractivity contribution in [1.29, 1.82) is 0 Å². The van der Waals surface area contributed by atoms with Gasteiger partial charge >= 0.3 is 6.09 Å². The Labute approximate surface area is 134 Å². The lowest BCUT2D eigenvalue weighted by molar-refractivity contribution is -0.0113. The molecule has 1 atom stereocenters. The predicted octanol–water partition coefficient (Wildman–Crippen LogP) is 2.39. The molecular formula is C13H12IN3O4. The van der Waals surface area contributed by atoms with Crippen molar-refractivity contribution in [2.75, 3.05) is 19.8 Å². The van der Waals surface area contributed by atoms with Crippen LogP contribution in [-0.2, 0) is 4.74 Å². The average Bonchev–Trinajstić information content (AvgIpc) is 2.97. The second-order valence-corrected chi connectivity index (χ2v) is 5.78. The predicted molar refractivity (Wildman–Crippen MR) is 80.7 cm³/mol. The maximum Gasteiger partial charge on any atom is 0.408 e. The number of rotatable bonds is 2. The summed E-state index contributed by atoms with van der Waals surface area (Å²) in [5.74, 6) is 0.699. The third kappa shape index (κ3) is 3.00. The van der Waals surface area contributed by atoms with Crippen molar-refractivity contribution in [3.63, 3.8) is 0 Å². The Kier molecular flexibility index (Phi) is 4.06. The molecule has 1 fully saturated rings. The molecule has 0 bridgehead atoms. The third-order valence-corrected chi connectivity index (χ3v) is 3.85. The van der Waals surface area contributed by atoms with E-state index in [1.165, 1.54) is 4.90 Å². The molecule has 1 saturated heterocycles. The van der Waals surface area contributed by atoms with E-state index >= 15 is 0 Å². The molecule has 1 unspecified atom stereocenters. The van der Waals surface area contributed by atoms with Crippen LogP contribution in [0.4, 0.5) is 4.79 Å². The maximum absolute atomic E-state index is 11.2. The first kappa shape index (κ1) is 14.3. The van der Waals surface area contributed by atoms with Gasteiger partial charge < -0.3 is 14.4 Å². The number of carboxylic acid groups (broad SMARTS) is 1. The molecule has 1 aliphatic rings. The van der Waals surface area contributed by atoms with Crippen LogP contribution >= 0.6 is 22.6 Å². The fraction of sp³-hybridized carbons (Fsp3) is 0.308. The van der Waals surface area contributed by atoms with Gasteiger partial charge in [0.1, 0.15) is 6.04 Å². The van der Waals surface area contributed by atoms with E-state index in [1.54, 1.807) is 0 Å². The van der Waals surface area contributed by atoms with E-state index in [4.69, 9.17) is 9.26 Å². The van der Waals surface area contributed by atoms with Gasteiger partial charge in [-0.15, -0.1) is 0 Å². The number of hydrogen-bond donors (Lipinski definition) is 1. The summed E-state index contributed by atoms with van der Waals surface area (Å²) < 4.78 is 11.6. The molecule has 0 saturated carbocycles. The molecule has 0 spiro atoms. The summed E-state index contributed by atoms with van der Waals surface area (Å²) in [4.78, 5) is 16.8. The zero-order chi connectivity index (χ0) is 14.8. The van der Waals surface area contributed by atoms with Crippen molar-refractivity contribution in [3.8, 4) is 11.4 Å². The maximum atomic E-state index is 11.2. The highest BCUT2D eigenvalue weighted by molar-refractivity contribution is 14.1. The minimum atomic E-state index is -1.02. The first-order valence-corrected chi connectivity index (χ1v) is 7.40. The van der Waals surface area contributed by atoms with Crippen molar-refractivity contribution in [1.82, 2.24) is 15.0 Å². The molecule has 0 aliphatic carbocycles. The Bertz CT molecular complexity index is 660. The smallest absolute Gasteiger partial charge is 0.408 e. The number of carbonyl (C=O) groups is 1. The summed E-state index contributed by atoms with van der Waals surface area (Å²) in [5, 5.41) is 13.1. The number of aromatic nitrogens is 2. The van der Waals surface area contributed by atoms with Crippen LogP contribution in [0.3, 0.4) is 0 Å². The monoisotopic (exact) mass is 401 g/mol. The molecule has 8 heteroatoms. The molecule has 1 N–H and O–H groups in total. The summed E-state index contributed by atoms with van der Waals surface area (Å²) in [5.41, 5.74) is 0.829. The standard InChI is InChI=1S/C13H12IN3O4/c14-9-3-1-2-8(6-9)11-15-12(21-16-11)10-7-20-5-4-17(10)13(18)19/h1-3,6,10H,4-5,7H2,(H,18,19). The SMILES string of the molecule is O=C(O)N1CCOCC1c1nc(-c2cccc(I)c2)no1. The molecule has 7 nitrogen and oxygen atoms in total. The highest BCUT2D eigenvalue weighted by Gasteiger charge is 2.32. The third-order valence-electron chi connectivity index (χ3n) is 3.18. The Balaban J connectivity index is 1.88. The van der Waals surface area contributed by atoms with Crippen molar-refractivity contribution < 1.29 is 19.2 Å². The molecule has 2 heterocycles. The Morgan fingerprint density at radius 3 is 3.10 bits per heavy atom. The first-order chi connectivity index (χ1) is 10.1. The van der Waals surface area contributed by atoms with Crippen LogP contribution < -0.4 is 0 Å². The van der Waals surface area contributed by atoms with Gasteiger partial charge in [0.25, 0.3) is 5.89 Å². The quantitative estimate of drug-likeness (QED) is 0.778. The molecule has 1 aromatic heterocycles. The van der Waals surface area contributed by atoms with E-state index in [2.05, 4.69) is 32.7 Å². The topological polar surface area (TPSA) is 88.7 Å². The minimum Gasteiger partial charge on any atom is -0.465 e. The molecule has 3 rings (SSSR count). The number of hydrogen-bond acceptors (Lipinski definition) is 5.